The van der Waals surface area contributed by atoms with Crippen molar-refractivity contribution in [3.05, 3.63) is 25.0 Å². The number of carbonyl (C=O) groups is 1. The fourth-order valence-corrected chi connectivity index (χ4v) is 0.944. The van der Waals surface area contributed by atoms with Gasteiger partial charge in [0.2, 0.25) is 0 Å². The highest BCUT2D eigenvalue weighted by atomic mass is 16.5. The minimum Gasteiger partial charge on any atom is -0.502 e. The smallest absolute Gasteiger partial charge is 0.157 e. The monoisotopic (exact) mass is 182 g/mol. The minimum absolute atomic E-state index is 0.171. The van der Waals surface area contributed by atoms with Crippen molar-refractivity contribution < 1.29 is 9.53 Å². The summed E-state index contributed by atoms with van der Waals surface area (Å²) >= 11 is 0. The third-order valence-electron chi connectivity index (χ3n) is 1.76. The SMILES string of the molecule is C=COCCCCCC(=O)C(=C)C. The molecule has 0 N–H and O–H groups in total. The second-order valence-electron chi connectivity index (χ2n) is 3.05. The molecule has 0 aromatic carbocycles. The van der Waals surface area contributed by atoms with Crippen molar-refractivity contribution in [1.29, 1.82) is 0 Å². The molecule has 0 saturated carbocycles. The van der Waals surface area contributed by atoms with Crippen LogP contribution >= 0.6 is 0 Å². The van der Waals surface area contributed by atoms with Crippen LogP contribution in [0, 0.1) is 0 Å². The number of Topliss-reactive ketones (excluding diaryl/α,β-unsaturated/α-hetero) is 1. The van der Waals surface area contributed by atoms with Crippen LogP contribution in [0.5, 0.6) is 0 Å². The van der Waals surface area contributed by atoms with Crippen LogP contribution in [0.3, 0.4) is 0 Å². The first-order valence-electron chi connectivity index (χ1n) is 4.59. The average Bonchev–Trinajstić information content (AvgIpc) is 2.10. The quantitative estimate of drug-likeness (QED) is 0.328. The standard InChI is InChI=1S/C11H18O2/c1-4-13-9-7-5-6-8-11(12)10(2)3/h4H,1-2,5-9H2,3H3. The number of hydrogen-bond acceptors (Lipinski definition) is 2. The Balaban J connectivity index is 3.21. The summed E-state index contributed by atoms with van der Waals surface area (Å²) in [4.78, 5) is 11.1. The number of ketones is 1. The molecule has 0 fully saturated rings. The van der Waals surface area contributed by atoms with Gasteiger partial charge in [0.05, 0.1) is 12.9 Å². The first-order valence-corrected chi connectivity index (χ1v) is 4.59. The average molecular weight is 182 g/mol. The molecule has 2 heteroatoms. The van der Waals surface area contributed by atoms with Crippen LogP contribution < -0.4 is 0 Å². The van der Waals surface area contributed by atoms with E-state index < -0.39 is 0 Å². The van der Waals surface area contributed by atoms with Crippen molar-refractivity contribution in [1.82, 2.24) is 0 Å². The van der Waals surface area contributed by atoms with Crippen LogP contribution in [0.4, 0.5) is 0 Å². The zero-order valence-corrected chi connectivity index (χ0v) is 8.34. The van der Waals surface area contributed by atoms with E-state index in [4.69, 9.17) is 4.74 Å². The highest BCUT2D eigenvalue weighted by Crippen LogP contribution is 2.04. The summed E-state index contributed by atoms with van der Waals surface area (Å²) in [6.45, 7) is 9.49. The zero-order chi connectivity index (χ0) is 10.1. The van der Waals surface area contributed by atoms with E-state index in [-0.39, 0.29) is 5.78 Å². The van der Waals surface area contributed by atoms with Gasteiger partial charge < -0.3 is 4.74 Å². The molecule has 0 aliphatic carbocycles. The van der Waals surface area contributed by atoms with Gasteiger partial charge in [-0.2, -0.15) is 0 Å². The Kier molecular flexibility index (Phi) is 6.98. The Hall–Kier alpha value is -1.05. The summed E-state index contributed by atoms with van der Waals surface area (Å²) in [6.07, 6.45) is 4.98. The van der Waals surface area contributed by atoms with Gasteiger partial charge in [0, 0.05) is 6.42 Å². The van der Waals surface area contributed by atoms with Crippen molar-refractivity contribution >= 4 is 5.78 Å². The fraction of sp³-hybridized carbons (Fsp3) is 0.545. The normalized spacial score (nSPS) is 9.31. The number of ether oxygens (including phenoxy) is 1. The molecule has 0 unspecified atom stereocenters. The Morgan fingerprint density at radius 3 is 2.62 bits per heavy atom. The summed E-state index contributed by atoms with van der Waals surface area (Å²) in [5.41, 5.74) is 0.655. The van der Waals surface area contributed by atoms with E-state index in [1.54, 1.807) is 6.92 Å². The predicted octanol–water partition coefficient (Wildman–Crippen LogP) is 2.85. The molecule has 13 heavy (non-hydrogen) atoms. The Morgan fingerprint density at radius 1 is 1.38 bits per heavy atom. The first kappa shape index (κ1) is 11.9. The molecule has 0 atom stereocenters. The van der Waals surface area contributed by atoms with Crippen LogP contribution in [0.25, 0.3) is 0 Å². The topological polar surface area (TPSA) is 26.3 Å². The Bertz CT molecular complexity index is 183. The maximum atomic E-state index is 11.1. The van der Waals surface area contributed by atoms with Crippen LogP contribution in [-0.2, 0) is 9.53 Å². The summed E-state index contributed by atoms with van der Waals surface area (Å²) < 4.78 is 4.95. The Morgan fingerprint density at radius 2 is 2.08 bits per heavy atom. The van der Waals surface area contributed by atoms with Gasteiger partial charge in [0.25, 0.3) is 0 Å². The van der Waals surface area contributed by atoms with Crippen molar-refractivity contribution in [2.75, 3.05) is 6.61 Å². The molecule has 0 aliphatic rings. The molecule has 0 rings (SSSR count). The van der Waals surface area contributed by atoms with Gasteiger partial charge in [-0.1, -0.05) is 13.2 Å². The highest BCUT2D eigenvalue weighted by molar-refractivity contribution is 5.93. The van der Waals surface area contributed by atoms with E-state index in [9.17, 15) is 4.79 Å². The first-order chi connectivity index (χ1) is 6.18. The number of unbranched alkanes of at least 4 members (excludes halogenated alkanes) is 2. The third kappa shape index (κ3) is 7.32. The summed E-state index contributed by atoms with van der Waals surface area (Å²) in [7, 11) is 0. The van der Waals surface area contributed by atoms with E-state index in [1.807, 2.05) is 0 Å². The molecular formula is C11H18O2. The molecule has 0 amide bonds. The van der Waals surface area contributed by atoms with Crippen LogP contribution in [0.15, 0.2) is 25.0 Å². The van der Waals surface area contributed by atoms with Crippen molar-refractivity contribution in [3.8, 4) is 0 Å². The molecule has 0 spiro atoms. The molecular weight excluding hydrogens is 164 g/mol. The van der Waals surface area contributed by atoms with Crippen molar-refractivity contribution in [3.63, 3.8) is 0 Å². The fourth-order valence-electron chi connectivity index (χ4n) is 0.944. The molecule has 0 aliphatic heterocycles. The predicted molar refractivity (Wildman–Crippen MR) is 54.4 cm³/mol. The molecule has 0 bridgehead atoms. The van der Waals surface area contributed by atoms with E-state index >= 15 is 0 Å². The maximum Gasteiger partial charge on any atom is 0.157 e. The Labute approximate surface area is 80.3 Å². The van der Waals surface area contributed by atoms with Crippen LogP contribution in [-0.4, -0.2) is 12.4 Å². The summed E-state index contributed by atoms with van der Waals surface area (Å²) in [5.74, 6) is 0.171. The minimum atomic E-state index is 0.171. The highest BCUT2D eigenvalue weighted by Gasteiger charge is 2.00. The van der Waals surface area contributed by atoms with Crippen molar-refractivity contribution in [2.24, 2.45) is 0 Å². The zero-order valence-electron chi connectivity index (χ0n) is 8.34. The van der Waals surface area contributed by atoms with E-state index in [2.05, 4.69) is 13.2 Å². The summed E-state index contributed by atoms with van der Waals surface area (Å²) in [6, 6.07) is 0. The molecule has 0 saturated heterocycles. The maximum absolute atomic E-state index is 11.1. The number of rotatable bonds is 8. The van der Waals surface area contributed by atoms with Crippen LogP contribution in [0.1, 0.15) is 32.6 Å². The van der Waals surface area contributed by atoms with E-state index in [1.165, 1.54) is 6.26 Å². The molecule has 0 heterocycles. The molecule has 2 nitrogen and oxygen atoms in total. The van der Waals surface area contributed by atoms with Gasteiger partial charge >= 0.3 is 0 Å². The van der Waals surface area contributed by atoms with Gasteiger partial charge in [-0.05, 0) is 31.8 Å². The second-order valence-corrected chi connectivity index (χ2v) is 3.05. The van der Waals surface area contributed by atoms with Gasteiger partial charge in [-0.15, -0.1) is 0 Å². The van der Waals surface area contributed by atoms with Crippen molar-refractivity contribution in [2.45, 2.75) is 32.6 Å². The number of carbonyl (C=O) groups excluding carboxylic acids is 1. The number of allylic oxidation sites excluding steroid dienone is 1. The molecule has 0 aromatic heterocycles. The van der Waals surface area contributed by atoms with E-state index in [0.717, 1.165) is 19.3 Å². The molecule has 0 radical (unpaired) electrons. The van der Waals surface area contributed by atoms with Gasteiger partial charge in [0.15, 0.2) is 5.78 Å². The lowest BCUT2D eigenvalue weighted by Crippen LogP contribution is -1.98. The van der Waals surface area contributed by atoms with Gasteiger partial charge in [-0.25, -0.2) is 0 Å². The lowest BCUT2D eigenvalue weighted by atomic mass is 10.1. The largest absolute Gasteiger partial charge is 0.502 e. The van der Waals surface area contributed by atoms with E-state index in [0.29, 0.717) is 18.6 Å². The number of hydrogen-bond donors (Lipinski definition) is 0. The second kappa shape index (κ2) is 7.59. The van der Waals surface area contributed by atoms with Crippen LogP contribution in [0.2, 0.25) is 0 Å². The molecule has 74 valence electrons. The van der Waals surface area contributed by atoms with Gasteiger partial charge in [0.1, 0.15) is 0 Å². The van der Waals surface area contributed by atoms with Gasteiger partial charge in [-0.3, -0.25) is 4.79 Å². The molecule has 0 aromatic rings. The summed E-state index contributed by atoms with van der Waals surface area (Å²) in [5, 5.41) is 0. The third-order valence-corrected chi connectivity index (χ3v) is 1.76. The lowest BCUT2D eigenvalue weighted by Gasteiger charge is -2.00. The lowest BCUT2D eigenvalue weighted by molar-refractivity contribution is -0.115.